The molecule has 5 rings (SSSR count). The number of hydrogen-bond acceptors (Lipinski definition) is 8. The first-order chi connectivity index (χ1) is 15.6. The molecule has 0 amide bonds. The Balaban J connectivity index is 1.50. The second-order valence-electron chi connectivity index (χ2n) is 7.54. The predicted molar refractivity (Wildman–Crippen MR) is 121 cm³/mol. The molecule has 32 heavy (non-hydrogen) atoms. The molecule has 1 aromatic heterocycles. The number of ether oxygens (including phenoxy) is 2. The van der Waals surface area contributed by atoms with Crippen LogP contribution < -0.4 is 9.64 Å². The van der Waals surface area contributed by atoms with Crippen molar-refractivity contribution >= 4 is 35.0 Å². The van der Waals surface area contributed by atoms with Gasteiger partial charge in [0.25, 0.3) is 5.69 Å². The molecular weight excluding hydrogens is 454 g/mol. The third-order valence-electron chi connectivity index (χ3n) is 5.41. The number of benzene rings is 2. The van der Waals surface area contributed by atoms with Crippen molar-refractivity contribution in [3.05, 3.63) is 62.7 Å². The molecule has 3 heterocycles. The highest BCUT2D eigenvalue weighted by molar-refractivity contribution is 7.98. The van der Waals surface area contributed by atoms with E-state index in [0.29, 0.717) is 27.2 Å². The lowest BCUT2D eigenvalue weighted by molar-refractivity contribution is -0.385. The molecule has 3 aromatic rings. The van der Waals surface area contributed by atoms with Crippen molar-refractivity contribution in [2.24, 2.45) is 0 Å². The third kappa shape index (κ3) is 4.13. The van der Waals surface area contributed by atoms with Gasteiger partial charge in [-0.1, -0.05) is 29.4 Å². The van der Waals surface area contributed by atoms with E-state index in [-0.39, 0.29) is 19.1 Å². The lowest BCUT2D eigenvalue weighted by atomic mass is 10.1. The quantitative estimate of drug-likeness (QED) is 0.291. The Morgan fingerprint density at radius 2 is 2.03 bits per heavy atom. The van der Waals surface area contributed by atoms with Crippen LogP contribution in [-0.4, -0.2) is 39.6 Å². The van der Waals surface area contributed by atoms with Crippen LogP contribution in [0.2, 0.25) is 5.02 Å². The minimum absolute atomic E-state index is 0.0162. The Hall–Kier alpha value is -2.82. The molecule has 9 nitrogen and oxygen atoms in total. The van der Waals surface area contributed by atoms with Crippen molar-refractivity contribution in [3.63, 3.8) is 0 Å². The summed E-state index contributed by atoms with van der Waals surface area (Å²) in [4.78, 5) is 13.2. The molecule has 2 aromatic carbocycles. The van der Waals surface area contributed by atoms with E-state index in [1.165, 1.54) is 17.8 Å². The van der Waals surface area contributed by atoms with Gasteiger partial charge in [-0.3, -0.25) is 14.7 Å². The second-order valence-corrected chi connectivity index (χ2v) is 8.92. The van der Waals surface area contributed by atoms with Crippen LogP contribution in [-0.2, 0) is 17.1 Å². The Bertz CT molecular complexity index is 1170. The molecule has 0 saturated carbocycles. The summed E-state index contributed by atoms with van der Waals surface area (Å²) in [5.74, 6) is 1.85. The second kappa shape index (κ2) is 8.97. The Morgan fingerprint density at radius 3 is 2.81 bits per heavy atom. The number of aromatic nitrogens is 3. The first kappa shape index (κ1) is 21.0. The van der Waals surface area contributed by atoms with Crippen LogP contribution in [0.1, 0.15) is 24.0 Å². The molecule has 0 N–H and O–H groups in total. The van der Waals surface area contributed by atoms with Gasteiger partial charge >= 0.3 is 0 Å². The minimum atomic E-state index is -0.400. The fourth-order valence-corrected chi connectivity index (χ4v) is 5.05. The monoisotopic (exact) mass is 473 g/mol. The van der Waals surface area contributed by atoms with Crippen molar-refractivity contribution < 1.29 is 14.4 Å². The van der Waals surface area contributed by atoms with E-state index in [1.807, 2.05) is 28.8 Å². The van der Waals surface area contributed by atoms with Crippen LogP contribution in [0.15, 0.2) is 41.6 Å². The van der Waals surface area contributed by atoms with Gasteiger partial charge < -0.3 is 14.4 Å². The summed E-state index contributed by atoms with van der Waals surface area (Å²) >= 11 is 7.71. The standard InChI is InChI=1S/C21H20ClN5O4S/c22-16-4-3-5-17(10-16)26-20(25-6-1-2-7-25)23-24-21(26)32-12-15-9-18(27(28)29)8-14-11-30-13-31-19(14)15/h3-5,8-10H,1-2,6-7,11-13H2. The van der Waals surface area contributed by atoms with E-state index in [9.17, 15) is 10.1 Å². The van der Waals surface area contributed by atoms with Crippen molar-refractivity contribution in [1.29, 1.82) is 0 Å². The maximum atomic E-state index is 11.4. The number of hydrogen-bond donors (Lipinski definition) is 0. The van der Waals surface area contributed by atoms with Gasteiger partial charge in [-0.2, -0.15) is 0 Å². The number of nitro benzene ring substituents is 1. The van der Waals surface area contributed by atoms with Gasteiger partial charge in [-0.25, -0.2) is 0 Å². The van der Waals surface area contributed by atoms with Gasteiger partial charge in [0.2, 0.25) is 5.95 Å². The lowest BCUT2D eigenvalue weighted by Crippen LogP contribution is -2.22. The van der Waals surface area contributed by atoms with E-state index < -0.39 is 4.92 Å². The predicted octanol–water partition coefficient (Wildman–Crippen LogP) is 4.59. The van der Waals surface area contributed by atoms with Crippen LogP contribution in [0.4, 0.5) is 11.6 Å². The van der Waals surface area contributed by atoms with E-state index in [0.717, 1.165) is 43.1 Å². The van der Waals surface area contributed by atoms with Gasteiger partial charge in [0.05, 0.1) is 17.2 Å². The van der Waals surface area contributed by atoms with Crippen LogP contribution in [0, 0.1) is 10.1 Å². The molecule has 1 fully saturated rings. The normalized spacial score (nSPS) is 15.5. The number of halogens is 1. The molecule has 0 aliphatic carbocycles. The number of fused-ring (bicyclic) bond motifs is 1. The average Bonchev–Trinajstić information content (AvgIpc) is 3.47. The molecular formula is C21H20ClN5O4S. The number of rotatable bonds is 6. The first-order valence-corrected chi connectivity index (χ1v) is 11.6. The van der Waals surface area contributed by atoms with Gasteiger partial charge in [-0.05, 0) is 31.0 Å². The van der Waals surface area contributed by atoms with E-state index in [1.54, 1.807) is 6.07 Å². The molecule has 0 unspecified atom stereocenters. The smallest absolute Gasteiger partial charge is 0.270 e. The first-order valence-electron chi connectivity index (χ1n) is 10.2. The fraction of sp³-hybridized carbons (Fsp3) is 0.333. The summed E-state index contributed by atoms with van der Waals surface area (Å²) in [7, 11) is 0. The highest BCUT2D eigenvalue weighted by atomic mass is 35.5. The van der Waals surface area contributed by atoms with Crippen molar-refractivity contribution in [2.75, 3.05) is 24.8 Å². The summed E-state index contributed by atoms with van der Waals surface area (Å²) in [6.45, 7) is 2.26. The molecule has 2 aliphatic heterocycles. The zero-order valence-electron chi connectivity index (χ0n) is 17.1. The van der Waals surface area contributed by atoms with Crippen LogP contribution in [0.3, 0.4) is 0 Å². The molecule has 0 bridgehead atoms. The third-order valence-corrected chi connectivity index (χ3v) is 6.62. The van der Waals surface area contributed by atoms with E-state index in [2.05, 4.69) is 15.1 Å². The van der Waals surface area contributed by atoms with E-state index in [4.69, 9.17) is 21.1 Å². The Kier molecular flexibility index (Phi) is 5.90. The summed E-state index contributed by atoms with van der Waals surface area (Å²) < 4.78 is 13.0. The van der Waals surface area contributed by atoms with Gasteiger partial charge in [0.1, 0.15) is 5.75 Å². The topological polar surface area (TPSA) is 95.6 Å². The maximum absolute atomic E-state index is 11.4. The Morgan fingerprint density at radius 1 is 1.19 bits per heavy atom. The molecule has 0 spiro atoms. The highest BCUT2D eigenvalue weighted by Gasteiger charge is 2.25. The maximum Gasteiger partial charge on any atom is 0.270 e. The van der Waals surface area contributed by atoms with Crippen molar-refractivity contribution in [3.8, 4) is 11.4 Å². The number of thioether (sulfide) groups is 1. The van der Waals surface area contributed by atoms with Crippen LogP contribution in [0.5, 0.6) is 5.75 Å². The summed E-state index contributed by atoms with van der Waals surface area (Å²) in [6, 6.07) is 10.6. The average molecular weight is 474 g/mol. The lowest BCUT2D eigenvalue weighted by Gasteiger charge is -2.21. The van der Waals surface area contributed by atoms with Crippen LogP contribution >= 0.6 is 23.4 Å². The van der Waals surface area contributed by atoms with Crippen LogP contribution in [0.25, 0.3) is 5.69 Å². The minimum Gasteiger partial charge on any atom is -0.467 e. The number of nitrogens with zero attached hydrogens (tertiary/aromatic N) is 5. The molecule has 2 aliphatic rings. The molecule has 0 atom stereocenters. The zero-order valence-corrected chi connectivity index (χ0v) is 18.6. The van der Waals surface area contributed by atoms with Crippen molar-refractivity contribution in [2.45, 2.75) is 30.4 Å². The fourth-order valence-electron chi connectivity index (χ4n) is 3.95. The van der Waals surface area contributed by atoms with Gasteiger partial charge in [0.15, 0.2) is 11.9 Å². The van der Waals surface area contributed by atoms with Crippen molar-refractivity contribution in [1.82, 2.24) is 14.8 Å². The zero-order chi connectivity index (χ0) is 22.1. The summed E-state index contributed by atoms with van der Waals surface area (Å²) in [5.41, 5.74) is 2.29. The summed E-state index contributed by atoms with van der Waals surface area (Å²) in [6.07, 6.45) is 2.23. The SMILES string of the molecule is O=[N+]([O-])c1cc2c(c(CSc3nnc(N4CCCC4)n3-c3cccc(Cl)c3)c1)OCOC2. The van der Waals surface area contributed by atoms with Gasteiger partial charge in [0, 0.05) is 47.1 Å². The Labute approximate surface area is 193 Å². The molecule has 166 valence electrons. The summed E-state index contributed by atoms with van der Waals surface area (Å²) in [5, 5.41) is 21.6. The largest absolute Gasteiger partial charge is 0.467 e. The van der Waals surface area contributed by atoms with Gasteiger partial charge in [-0.15, -0.1) is 10.2 Å². The van der Waals surface area contributed by atoms with E-state index >= 15 is 0 Å². The molecule has 11 heteroatoms. The number of anilines is 1. The molecule has 0 radical (unpaired) electrons. The molecule has 1 saturated heterocycles. The highest BCUT2D eigenvalue weighted by Crippen LogP contribution is 2.37. The number of non-ortho nitro benzene ring substituents is 1. The number of nitro groups is 1.